The van der Waals surface area contributed by atoms with E-state index in [1.54, 1.807) is 30.3 Å². The minimum atomic E-state index is -0.117. The van der Waals surface area contributed by atoms with Gasteiger partial charge in [0.05, 0.1) is 11.5 Å². The van der Waals surface area contributed by atoms with Crippen LogP contribution < -0.4 is 10.1 Å². The molecule has 0 atom stereocenters. The molecular weight excluding hydrogens is 250 g/mol. The number of thiophene rings is 1. The molecule has 0 spiro atoms. The van der Waals surface area contributed by atoms with E-state index in [1.807, 2.05) is 11.4 Å². The summed E-state index contributed by atoms with van der Waals surface area (Å²) >= 11 is 1.40. The number of rotatable bonds is 5. The van der Waals surface area contributed by atoms with Crippen molar-refractivity contribution in [2.75, 3.05) is 18.5 Å². The first-order valence-corrected chi connectivity index (χ1v) is 6.36. The predicted molar refractivity (Wildman–Crippen MR) is 71.3 cm³/mol. The third-order valence-electron chi connectivity index (χ3n) is 2.22. The molecule has 18 heavy (non-hydrogen) atoms. The van der Waals surface area contributed by atoms with Crippen molar-refractivity contribution >= 4 is 22.9 Å². The van der Waals surface area contributed by atoms with Crippen molar-refractivity contribution in [3.05, 3.63) is 46.7 Å². The summed E-state index contributed by atoms with van der Waals surface area (Å²) in [6.07, 6.45) is 0. The second kappa shape index (κ2) is 6.18. The van der Waals surface area contributed by atoms with Crippen LogP contribution >= 0.6 is 11.3 Å². The Morgan fingerprint density at radius 2 is 2.06 bits per heavy atom. The summed E-state index contributed by atoms with van der Waals surface area (Å²) in [5, 5.41) is 13.3. The first kappa shape index (κ1) is 12.6. The fourth-order valence-electron chi connectivity index (χ4n) is 1.40. The summed E-state index contributed by atoms with van der Waals surface area (Å²) in [6, 6.07) is 10.6. The highest BCUT2D eigenvalue weighted by Crippen LogP contribution is 2.17. The zero-order valence-electron chi connectivity index (χ0n) is 9.63. The minimum absolute atomic E-state index is 0.0170. The van der Waals surface area contributed by atoms with Crippen LogP contribution in [0, 0.1) is 0 Å². The highest BCUT2D eigenvalue weighted by Gasteiger charge is 2.06. The number of nitrogens with one attached hydrogen (secondary N) is 1. The lowest BCUT2D eigenvalue weighted by molar-refractivity contribution is 0.103. The van der Waals surface area contributed by atoms with E-state index < -0.39 is 0 Å². The average Bonchev–Trinajstić information content (AvgIpc) is 2.92. The van der Waals surface area contributed by atoms with Crippen LogP contribution in [0.15, 0.2) is 41.8 Å². The lowest BCUT2D eigenvalue weighted by atomic mass is 10.3. The van der Waals surface area contributed by atoms with Crippen LogP contribution in [0.25, 0.3) is 0 Å². The van der Waals surface area contributed by atoms with Gasteiger partial charge in [-0.25, -0.2) is 0 Å². The molecular formula is C13H13NO3S. The maximum Gasteiger partial charge on any atom is 0.265 e. The van der Waals surface area contributed by atoms with Crippen molar-refractivity contribution in [2.24, 2.45) is 0 Å². The van der Waals surface area contributed by atoms with E-state index in [0.717, 1.165) is 0 Å². The van der Waals surface area contributed by atoms with E-state index in [0.29, 0.717) is 16.3 Å². The molecule has 0 saturated heterocycles. The molecule has 0 radical (unpaired) electrons. The SMILES string of the molecule is O=C(Nc1ccc(OCCO)cc1)c1cccs1. The zero-order valence-corrected chi connectivity index (χ0v) is 10.4. The van der Waals surface area contributed by atoms with Gasteiger partial charge in [0.15, 0.2) is 0 Å². The summed E-state index contributed by atoms with van der Waals surface area (Å²) in [7, 11) is 0. The van der Waals surface area contributed by atoms with Gasteiger partial charge in [0.2, 0.25) is 0 Å². The molecule has 1 heterocycles. The standard InChI is InChI=1S/C13H13NO3S/c15-7-8-17-11-5-3-10(4-6-11)14-13(16)12-2-1-9-18-12/h1-6,9,15H,7-8H2,(H,14,16). The fraction of sp³-hybridized carbons (Fsp3) is 0.154. The second-order valence-electron chi connectivity index (χ2n) is 3.53. The number of aliphatic hydroxyl groups is 1. The molecule has 0 fully saturated rings. The van der Waals surface area contributed by atoms with Gasteiger partial charge in [-0.15, -0.1) is 11.3 Å². The Labute approximate surface area is 109 Å². The second-order valence-corrected chi connectivity index (χ2v) is 4.48. The molecule has 5 heteroatoms. The molecule has 0 unspecified atom stereocenters. The quantitative estimate of drug-likeness (QED) is 0.870. The van der Waals surface area contributed by atoms with Crippen LogP contribution in [0.5, 0.6) is 5.75 Å². The van der Waals surface area contributed by atoms with Crippen molar-refractivity contribution in [3.8, 4) is 5.75 Å². The van der Waals surface area contributed by atoms with E-state index in [-0.39, 0.29) is 19.1 Å². The normalized spacial score (nSPS) is 10.1. The van der Waals surface area contributed by atoms with Gasteiger partial charge in [-0.1, -0.05) is 6.07 Å². The lowest BCUT2D eigenvalue weighted by Gasteiger charge is -2.06. The average molecular weight is 263 g/mol. The van der Waals surface area contributed by atoms with Crippen LogP contribution in [0.2, 0.25) is 0 Å². The molecule has 1 aromatic carbocycles. The number of anilines is 1. The summed E-state index contributed by atoms with van der Waals surface area (Å²) in [5.74, 6) is 0.548. The molecule has 0 bridgehead atoms. The van der Waals surface area contributed by atoms with Crippen molar-refractivity contribution in [1.29, 1.82) is 0 Å². The molecule has 4 nitrogen and oxygen atoms in total. The summed E-state index contributed by atoms with van der Waals surface area (Å²) in [6.45, 7) is 0.248. The molecule has 1 aromatic heterocycles. The topological polar surface area (TPSA) is 58.6 Å². The van der Waals surface area contributed by atoms with Crippen molar-refractivity contribution in [3.63, 3.8) is 0 Å². The Bertz CT molecular complexity index is 493. The molecule has 1 amide bonds. The summed E-state index contributed by atoms with van der Waals surface area (Å²) in [5.41, 5.74) is 0.713. The molecule has 2 rings (SSSR count). The van der Waals surface area contributed by atoms with E-state index in [1.165, 1.54) is 11.3 Å². The summed E-state index contributed by atoms with van der Waals surface area (Å²) in [4.78, 5) is 12.4. The van der Waals surface area contributed by atoms with Crippen molar-refractivity contribution in [2.45, 2.75) is 0 Å². The third kappa shape index (κ3) is 3.32. The van der Waals surface area contributed by atoms with Gasteiger partial charge in [-0.05, 0) is 35.7 Å². The highest BCUT2D eigenvalue weighted by molar-refractivity contribution is 7.12. The third-order valence-corrected chi connectivity index (χ3v) is 3.09. The molecule has 0 aliphatic rings. The van der Waals surface area contributed by atoms with E-state index in [4.69, 9.17) is 9.84 Å². The molecule has 2 N–H and O–H groups in total. The van der Waals surface area contributed by atoms with E-state index in [9.17, 15) is 4.79 Å². The van der Waals surface area contributed by atoms with Crippen LogP contribution in [-0.2, 0) is 0 Å². The smallest absolute Gasteiger partial charge is 0.265 e. The maximum absolute atomic E-state index is 11.8. The Balaban J connectivity index is 1.96. The number of ether oxygens (including phenoxy) is 1. The fourth-order valence-corrected chi connectivity index (χ4v) is 2.02. The van der Waals surface area contributed by atoms with Gasteiger partial charge in [-0.2, -0.15) is 0 Å². The molecule has 0 saturated carbocycles. The highest BCUT2D eigenvalue weighted by atomic mass is 32.1. The first-order chi connectivity index (χ1) is 8.79. The van der Waals surface area contributed by atoms with Crippen molar-refractivity contribution in [1.82, 2.24) is 0 Å². The number of benzene rings is 1. The predicted octanol–water partition coefficient (Wildman–Crippen LogP) is 2.37. The number of hydrogen-bond acceptors (Lipinski definition) is 4. The van der Waals surface area contributed by atoms with Crippen molar-refractivity contribution < 1.29 is 14.6 Å². The number of aliphatic hydroxyl groups excluding tert-OH is 1. The van der Waals surface area contributed by atoms with Crippen LogP contribution in [-0.4, -0.2) is 24.2 Å². The monoisotopic (exact) mass is 263 g/mol. The number of carbonyl (C=O) groups excluding carboxylic acids is 1. The van der Waals surface area contributed by atoms with Gasteiger partial charge < -0.3 is 15.2 Å². The number of amides is 1. The van der Waals surface area contributed by atoms with Crippen LogP contribution in [0.1, 0.15) is 9.67 Å². The van der Waals surface area contributed by atoms with Crippen LogP contribution in [0.4, 0.5) is 5.69 Å². The minimum Gasteiger partial charge on any atom is -0.491 e. The first-order valence-electron chi connectivity index (χ1n) is 5.48. The molecule has 0 aliphatic carbocycles. The maximum atomic E-state index is 11.8. The Hall–Kier alpha value is -1.85. The summed E-state index contributed by atoms with van der Waals surface area (Å²) < 4.78 is 5.23. The largest absolute Gasteiger partial charge is 0.491 e. The number of hydrogen-bond donors (Lipinski definition) is 2. The molecule has 2 aromatic rings. The van der Waals surface area contributed by atoms with Gasteiger partial charge in [0.1, 0.15) is 12.4 Å². The Morgan fingerprint density at radius 1 is 1.28 bits per heavy atom. The van der Waals surface area contributed by atoms with Gasteiger partial charge in [0, 0.05) is 5.69 Å². The number of carbonyl (C=O) groups is 1. The van der Waals surface area contributed by atoms with Gasteiger partial charge in [-0.3, -0.25) is 4.79 Å². The van der Waals surface area contributed by atoms with Gasteiger partial charge in [0.25, 0.3) is 5.91 Å². The van der Waals surface area contributed by atoms with Gasteiger partial charge >= 0.3 is 0 Å². The van der Waals surface area contributed by atoms with Crippen LogP contribution in [0.3, 0.4) is 0 Å². The Morgan fingerprint density at radius 3 is 2.67 bits per heavy atom. The molecule has 94 valence electrons. The lowest BCUT2D eigenvalue weighted by Crippen LogP contribution is -2.10. The Kier molecular flexibility index (Phi) is 4.33. The van der Waals surface area contributed by atoms with E-state index >= 15 is 0 Å². The molecule has 0 aliphatic heterocycles. The zero-order chi connectivity index (χ0) is 12.8. The van der Waals surface area contributed by atoms with E-state index in [2.05, 4.69) is 5.32 Å².